The molecule has 0 aromatic carbocycles. The Morgan fingerprint density at radius 3 is 2.50 bits per heavy atom. The predicted molar refractivity (Wildman–Crippen MR) is 52.1 cm³/mol. The van der Waals surface area contributed by atoms with Crippen LogP contribution in [0.5, 0.6) is 0 Å². The minimum absolute atomic E-state index is 0.0740. The Morgan fingerprint density at radius 1 is 1.43 bits per heavy atom. The maximum Gasteiger partial charge on any atom is 0.239 e. The molecule has 5 heteroatoms. The summed E-state index contributed by atoms with van der Waals surface area (Å²) in [5, 5.41) is 2.56. The first-order chi connectivity index (χ1) is 6.52. The molecular formula is C9H17N3O2. The molecule has 1 saturated carbocycles. The maximum absolute atomic E-state index is 11.6. The highest BCUT2D eigenvalue weighted by Crippen LogP contribution is 2.23. The molecule has 0 aromatic rings. The summed E-state index contributed by atoms with van der Waals surface area (Å²) in [7, 11) is 0. The largest absolute Gasteiger partial charge is 0.368 e. The van der Waals surface area contributed by atoms with Gasteiger partial charge in [0, 0.05) is 6.04 Å². The molecule has 3 atom stereocenters. The van der Waals surface area contributed by atoms with Gasteiger partial charge in [0.2, 0.25) is 11.8 Å². The summed E-state index contributed by atoms with van der Waals surface area (Å²) in [5.41, 5.74) is 10.8. The number of carbonyl (C=O) groups excluding carboxylic acids is 2. The standard InChI is InChI=1S/C9H17N3O2/c1-5(8(11)13)12-9(14)6-3-2-4-7(6)10/h5-7H,2-4,10H2,1H3,(H2,11,13)(H,12,14). The summed E-state index contributed by atoms with van der Waals surface area (Å²) in [5.74, 6) is -0.831. The van der Waals surface area contributed by atoms with Gasteiger partial charge in [-0.3, -0.25) is 9.59 Å². The fourth-order valence-electron chi connectivity index (χ4n) is 1.71. The van der Waals surface area contributed by atoms with Crippen LogP contribution in [0, 0.1) is 5.92 Å². The number of primary amides is 1. The number of nitrogens with one attached hydrogen (secondary N) is 1. The Bertz CT molecular complexity index is 242. The van der Waals surface area contributed by atoms with E-state index in [2.05, 4.69) is 5.32 Å². The summed E-state index contributed by atoms with van der Waals surface area (Å²) < 4.78 is 0. The van der Waals surface area contributed by atoms with Crippen LogP contribution in [0.4, 0.5) is 0 Å². The fourth-order valence-corrected chi connectivity index (χ4v) is 1.71. The normalized spacial score (nSPS) is 28.4. The Kier molecular flexibility index (Phi) is 3.46. The molecule has 1 aliphatic carbocycles. The minimum atomic E-state index is -0.615. The molecule has 1 fully saturated rings. The van der Waals surface area contributed by atoms with Gasteiger partial charge in [-0.05, 0) is 19.8 Å². The molecule has 0 aliphatic heterocycles. The quantitative estimate of drug-likeness (QED) is 0.549. The molecule has 14 heavy (non-hydrogen) atoms. The lowest BCUT2D eigenvalue weighted by Crippen LogP contribution is -2.47. The number of carbonyl (C=O) groups is 2. The van der Waals surface area contributed by atoms with Crippen molar-refractivity contribution in [3.05, 3.63) is 0 Å². The monoisotopic (exact) mass is 199 g/mol. The lowest BCUT2D eigenvalue weighted by Gasteiger charge is -2.17. The van der Waals surface area contributed by atoms with Crippen LogP contribution in [0.3, 0.4) is 0 Å². The summed E-state index contributed by atoms with van der Waals surface area (Å²) in [4.78, 5) is 22.3. The number of rotatable bonds is 3. The summed E-state index contributed by atoms with van der Waals surface area (Å²) in [6, 6.07) is -0.689. The van der Waals surface area contributed by atoms with Crippen LogP contribution >= 0.6 is 0 Å². The van der Waals surface area contributed by atoms with Crippen molar-refractivity contribution in [2.75, 3.05) is 0 Å². The van der Waals surface area contributed by atoms with Crippen molar-refractivity contribution in [1.29, 1.82) is 0 Å². The molecule has 80 valence electrons. The second-order valence-electron chi connectivity index (χ2n) is 3.83. The van der Waals surface area contributed by atoms with E-state index in [0.29, 0.717) is 0 Å². The van der Waals surface area contributed by atoms with Crippen LogP contribution in [0.15, 0.2) is 0 Å². The van der Waals surface area contributed by atoms with Gasteiger partial charge in [-0.15, -0.1) is 0 Å². The molecule has 1 rings (SSSR count). The van der Waals surface area contributed by atoms with Crippen molar-refractivity contribution in [3.63, 3.8) is 0 Å². The van der Waals surface area contributed by atoms with E-state index in [4.69, 9.17) is 11.5 Å². The van der Waals surface area contributed by atoms with Gasteiger partial charge in [-0.25, -0.2) is 0 Å². The SMILES string of the molecule is CC(NC(=O)C1CCCC1N)C(N)=O. The number of amides is 2. The molecule has 0 aromatic heterocycles. The van der Waals surface area contributed by atoms with Gasteiger partial charge < -0.3 is 16.8 Å². The summed E-state index contributed by atoms with van der Waals surface area (Å²) >= 11 is 0. The number of hydrogen-bond donors (Lipinski definition) is 3. The van der Waals surface area contributed by atoms with E-state index < -0.39 is 11.9 Å². The second-order valence-corrected chi connectivity index (χ2v) is 3.83. The van der Waals surface area contributed by atoms with Crippen LogP contribution in [0.1, 0.15) is 26.2 Å². The van der Waals surface area contributed by atoms with Crippen molar-refractivity contribution in [2.24, 2.45) is 17.4 Å². The van der Waals surface area contributed by atoms with Gasteiger partial charge in [0.05, 0.1) is 5.92 Å². The smallest absolute Gasteiger partial charge is 0.239 e. The Morgan fingerprint density at radius 2 is 2.07 bits per heavy atom. The molecule has 5 nitrogen and oxygen atoms in total. The number of hydrogen-bond acceptors (Lipinski definition) is 3. The first-order valence-electron chi connectivity index (χ1n) is 4.87. The second kappa shape index (κ2) is 4.41. The maximum atomic E-state index is 11.6. The van der Waals surface area contributed by atoms with Gasteiger partial charge in [-0.1, -0.05) is 6.42 Å². The van der Waals surface area contributed by atoms with E-state index in [1.54, 1.807) is 6.92 Å². The van der Waals surface area contributed by atoms with Crippen molar-refractivity contribution in [1.82, 2.24) is 5.32 Å². The fraction of sp³-hybridized carbons (Fsp3) is 0.778. The summed E-state index contributed by atoms with van der Waals surface area (Å²) in [6.07, 6.45) is 2.66. The van der Waals surface area contributed by atoms with Crippen LogP contribution in [-0.4, -0.2) is 23.9 Å². The van der Waals surface area contributed by atoms with E-state index in [1.807, 2.05) is 0 Å². The highest BCUT2D eigenvalue weighted by atomic mass is 16.2. The van der Waals surface area contributed by atoms with Crippen molar-refractivity contribution in [3.8, 4) is 0 Å². The predicted octanol–water partition coefficient (Wildman–Crippen LogP) is -0.896. The van der Waals surface area contributed by atoms with Crippen molar-refractivity contribution in [2.45, 2.75) is 38.3 Å². The van der Waals surface area contributed by atoms with Crippen LogP contribution in [-0.2, 0) is 9.59 Å². The molecule has 0 radical (unpaired) electrons. The third-order valence-electron chi connectivity index (χ3n) is 2.69. The molecule has 1 aliphatic rings. The van der Waals surface area contributed by atoms with Crippen molar-refractivity contribution >= 4 is 11.8 Å². The van der Waals surface area contributed by atoms with E-state index in [0.717, 1.165) is 19.3 Å². The Balaban J connectivity index is 2.45. The van der Waals surface area contributed by atoms with Gasteiger partial charge in [0.15, 0.2) is 0 Å². The average molecular weight is 199 g/mol. The van der Waals surface area contributed by atoms with Gasteiger partial charge in [0.1, 0.15) is 6.04 Å². The van der Waals surface area contributed by atoms with Crippen LogP contribution in [0.2, 0.25) is 0 Å². The lowest BCUT2D eigenvalue weighted by atomic mass is 10.0. The number of nitrogens with two attached hydrogens (primary N) is 2. The highest BCUT2D eigenvalue weighted by Gasteiger charge is 2.31. The zero-order chi connectivity index (χ0) is 10.7. The third-order valence-corrected chi connectivity index (χ3v) is 2.69. The first-order valence-corrected chi connectivity index (χ1v) is 4.87. The molecule has 0 saturated heterocycles. The first kappa shape index (κ1) is 11.0. The average Bonchev–Trinajstić information content (AvgIpc) is 2.51. The molecular weight excluding hydrogens is 182 g/mol. The van der Waals surface area contributed by atoms with E-state index in [-0.39, 0.29) is 17.9 Å². The zero-order valence-corrected chi connectivity index (χ0v) is 8.32. The molecule has 3 unspecified atom stereocenters. The Hall–Kier alpha value is -1.10. The molecule has 0 bridgehead atoms. The summed E-state index contributed by atoms with van der Waals surface area (Å²) in [6.45, 7) is 1.57. The lowest BCUT2D eigenvalue weighted by molar-refractivity contribution is -0.129. The van der Waals surface area contributed by atoms with Gasteiger partial charge >= 0.3 is 0 Å². The zero-order valence-electron chi connectivity index (χ0n) is 8.32. The minimum Gasteiger partial charge on any atom is -0.368 e. The van der Waals surface area contributed by atoms with E-state index in [9.17, 15) is 9.59 Å². The highest BCUT2D eigenvalue weighted by molar-refractivity contribution is 5.87. The van der Waals surface area contributed by atoms with E-state index in [1.165, 1.54) is 0 Å². The topological polar surface area (TPSA) is 98.2 Å². The Labute approximate surface area is 83.2 Å². The van der Waals surface area contributed by atoms with Gasteiger partial charge in [0.25, 0.3) is 0 Å². The molecule has 5 N–H and O–H groups in total. The third kappa shape index (κ3) is 2.45. The van der Waals surface area contributed by atoms with Crippen molar-refractivity contribution < 1.29 is 9.59 Å². The van der Waals surface area contributed by atoms with Gasteiger partial charge in [-0.2, -0.15) is 0 Å². The van der Waals surface area contributed by atoms with Crippen LogP contribution in [0.25, 0.3) is 0 Å². The van der Waals surface area contributed by atoms with Crippen LogP contribution < -0.4 is 16.8 Å². The molecule has 0 heterocycles. The molecule has 0 spiro atoms. The van der Waals surface area contributed by atoms with E-state index >= 15 is 0 Å². The molecule has 2 amide bonds.